The lowest BCUT2D eigenvalue weighted by molar-refractivity contribution is -0.938. The van der Waals surface area contributed by atoms with E-state index in [9.17, 15) is 4.79 Å². The predicted molar refractivity (Wildman–Crippen MR) is 56.1 cm³/mol. The summed E-state index contributed by atoms with van der Waals surface area (Å²) in [5.74, 6) is -0.00840. The molecule has 0 unspecified atom stereocenters. The first-order valence-electron chi connectivity index (χ1n) is 4.65. The van der Waals surface area contributed by atoms with Gasteiger partial charge in [0.05, 0.1) is 14.1 Å². The number of benzene rings is 1. The summed E-state index contributed by atoms with van der Waals surface area (Å²) in [4.78, 5) is 10.9. The Morgan fingerprint density at radius 1 is 1.27 bits per heavy atom. The van der Waals surface area contributed by atoms with Crippen molar-refractivity contribution >= 4 is 5.91 Å². The molecule has 0 spiro atoms. The molecule has 3 nitrogen and oxygen atoms in total. The molecule has 1 aromatic carbocycles. The van der Waals surface area contributed by atoms with Gasteiger partial charge in [-0.25, -0.2) is 10.0 Å². The summed E-state index contributed by atoms with van der Waals surface area (Å²) in [6.45, 7) is 2.32. The number of carbonyl (C=O) groups excluding carboxylic acids is 1. The maximum Gasteiger partial charge on any atom is 0.261 e. The number of nitrogens with zero attached hydrogens (tertiary/aromatic N) is 1. The lowest BCUT2D eigenvalue weighted by Gasteiger charge is -2.28. The molecule has 84 valence electrons. The van der Waals surface area contributed by atoms with Crippen molar-refractivity contribution in [2.45, 2.75) is 13.5 Å². The zero-order valence-corrected chi connectivity index (χ0v) is 10.1. The van der Waals surface area contributed by atoms with Crippen molar-refractivity contribution in [3.63, 3.8) is 0 Å². The Bertz CT molecular complexity index is 312. The fourth-order valence-electron chi connectivity index (χ4n) is 1.51. The molecule has 0 heterocycles. The Balaban J connectivity index is 0.00000196. The normalized spacial score (nSPS) is 10.3. The Labute approximate surface area is 97.1 Å². The molecule has 4 heteroatoms. The summed E-state index contributed by atoms with van der Waals surface area (Å²) in [7, 11) is 3.93. The summed E-state index contributed by atoms with van der Waals surface area (Å²) in [5, 5.41) is 0. The number of hydrogen-bond acceptors (Lipinski definition) is 1. The van der Waals surface area contributed by atoms with E-state index in [-0.39, 0.29) is 18.3 Å². The molecule has 0 saturated heterocycles. The van der Waals surface area contributed by atoms with Crippen LogP contribution >= 0.6 is 0 Å². The molecule has 0 atom stereocenters. The molecule has 0 aliphatic rings. The van der Waals surface area contributed by atoms with E-state index in [1.807, 2.05) is 32.3 Å². The third kappa shape index (κ3) is 5.40. The summed E-state index contributed by atoms with van der Waals surface area (Å²) in [5.41, 5.74) is 4.08. The molecule has 0 radical (unpaired) electrons. The highest BCUT2D eigenvalue weighted by molar-refractivity contribution is 5.71. The second-order valence-corrected chi connectivity index (χ2v) is 4.00. The summed E-state index contributed by atoms with van der Waals surface area (Å²) in [6.07, 6.45) is 0. The molecule has 1 rings (SSSR count). The van der Waals surface area contributed by atoms with Crippen molar-refractivity contribution in [1.29, 1.82) is 0 Å². The van der Waals surface area contributed by atoms with Crippen molar-refractivity contribution in [3.8, 4) is 0 Å². The lowest BCUT2D eigenvalue weighted by Crippen LogP contribution is -3.00. The second-order valence-electron chi connectivity index (χ2n) is 4.00. The molecule has 1 amide bonds. The van der Waals surface area contributed by atoms with E-state index in [2.05, 4.69) is 17.6 Å². The molecule has 0 fully saturated rings. The van der Waals surface area contributed by atoms with Gasteiger partial charge >= 0.3 is 0 Å². The maximum atomic E-state index is 10.9. The Kier molecular flexibility index (Phi) is 5.33. The van der Waals surface area contributed by atoms with Gasteiger partial charge in [-0.15, -0.1) is 0 Å². The summed E-state index contributed by atoms with van der Waals surface area (Å²) in [6, 6.07) is 10.1. The van der Waals surface area contributed by atoms with Gasteiger partial charge in [-0.1, -0.05) is 30.3 Å². The first-order chi connectivity index (χ1) is 6.49. The molecule has 0 aliphatic carbocycles. The van der Waals surface area contributed by atoms with Crippen molar-refractivity contribution in [3.05, 3.63) is 35.9 Å². The van der Waals surface area contributed by atoms with Crippen molar-refractivity contribution in [1.82, 2.24) is 5.43 Å². The van der Waals surface area contributed by atoms with Gasteiger partial charge in [-0.05, 0) is 0 Å². The van der Waals surface area contributed by atoms with E-state index in [1.54, 1.807) is 0 Å². The van der Waals surface area contributed by atoms with E-state index in [0.29, 0.717) is 4.59 Å². The highest BCUT2D eigenvalue weighted by Gasteiger charge is 2.16. The molecular formula is C11H17ClN2O. The number of halogens is 1. The molecule has 1 aromatic rings. The van der Waals surface area contributed by atoms with Crippen LogP contribution in [-0.4, -0.2) is 24.6 Å². The van der Waals surface area contributed by atoms with E-state index in [0.717, 1.165) is 6.54 Å². The Morgan fingerprint density at radius 3 is 2.27 bits per heavy atom. The van der Waals surface area contributed by atoms with Gasteiger partial charge in [0.25, 0.3) is 5.91 Å². The van der Waals surface area contributed by atoms with Crippen LogP contribution in [0.2, 0.25) is 0 Å². The highest BCUT2D eigenvalue weighted by Crippen LogP contribution is 2.05. The van der Waals surface area contributed by atoms with Gasteiger partial charge in [0.15, 0.2) is 0 Å². The van der Waals surface area contributed by atoms with Gasteiger partial charge < -0.3 is 12.4 Å². The zero-order chi connectivity index (χ0) is 10.6. The van der Waals surface area contributed by atoms with Crippen LogP contribution in [0.5, 0.6) is 0 Å². The third-order valence-electron chi connectivity index (χ3n) is 1.88. The van der Waals surface area contributed by atoms with Gasteiger partial charge in [-0.3, -0.25) is 4.79 Å². The van der Waals surface area contributed by atoms with E-state index < -0.39 is 0 Å². The van der Waals surface area contributed by atoms with Gasteiger partial charge in [0.2, 0.25) is 0 Å². The van der Waals surface area contributed by atoms with Crippen LogP contribution < -0.4 is 17.8 Å². The van der Waals surface area contributed by atoms with Crippen LogP contribution in [0.3, 0.4) is 0 Å². The number of nitrogens with one attached hydrogen (secondary N) is 1. The molecule has 0 bridgehead atoms. The Hall–Kier alpha value is -1.06. The number of hydrogen-bond donors (Lipinski definition) is 1. The number of amides is 1. The fourth-order valence-corrected chi connectivity index (χ4v) is 1.51. The first-order valence-corrected chi connectivity index (χ1v) is 4.65. The lowest BCUT2D eigenvalue weighted by atomic mass is 10.2. The minimum atomic E-state index is -0.00840. The van der Waals surface area contributed by atoms with E-state index in [1.165, 1.54) is 12.5 Å². The van der Waals surface area contributed by atoms with Crippen LogP contribution in [0.1, 0.15) is 12.5 Å². The molecule has 1 N–H and O–H groups in total. The molecular weight excluding hydrogens is 212 g/mol. The molecule has 0 aliphatic heterocycles. The van der Waals surface area contributed by atoms with E-state index in [4.69, 9.17) is 0 Å². The summed E-state index contributed by atoms with van der Waals surface area (Å²) >= 11 is 0. The maximum absolute atomic E-state index is 10.9. The van der Waals surface area contributed by atoms with Gasteiger partial charge in [0, 0.05) is 12.5 Å². The van der Waals surface area contributed by atoms with Crippen molar-refractivity contribution in [2.75, 3.05) is 14.1 Å². The highest BCUT2D eigenvalue weighted by atomic mass is 35.5. The second kappa shape index (κ2) is 5.73. The van der Waals surface area contributed by atoms with Crippen molar-refractivity contribution in [2.24, 2.45) is 0 Å². The quantitative estimate of drug-likeness (QED) is 0.486. The number of carbonyl (C=O) groups is 1. The van der Waals surface area contributed by atoms with Crippen LogP contribution in [-0.2, 0) is 11.3 Å². The molecule has 15 heavy (non-hydrogen) atoms. The average molecular weight is 229 g/mol. The largest absolute Gasteiger partial charge is 1.00 e. The predicted octanol–water partition coefficient (Wildman–Crippen LogP) is -1.68. The van der Waals surface area contributed by atoms with Gasteiger partial charge in [-0.2, -0.15) is 0 Å². The average Bonchev–Trinajstić information content (AvgIpc) is 2.02. The Morgan fingerprint density at radius 2 is 1.80 bits per heavy atom. The van der Waals surface area contributed by atoms with Crippen LogP contribution in [0.15, 0.2) is 30.3 Å². The summed E-state index contributed by atoms with van der Waals surface area (Å²) < 4.78 is 0.472. The smallest absolute Gasteiger partial charge is 0.261 e. The minimum Gasteiger partial charge on any atom is -1.00 e. The number of quaternary nitrogens is 1. The van der Waals surface area contributed by atoms with Crippen molar-refractivity contribution < 1.29 is 21.8 Å². The first kappa shape index (κ1) is 13.9. The van der Waals surface area contributed by atoms with Crippen LogP contribution in [0.25, 0.3) is 0 Å². The van der Waals surface area contributed by atoms with E-state index >= 15 is 0 Å². The zero-order valence-electron chi connectivity index (χ0n) is 9.33. The topological polar surface area (TPSA) is 29.1 Å². The third-order valence-corrected chi connectivity index (χ3v) is 1.88. The molecule has 0 aromatic heterocycles. The number of rotatable bonds is 3. The monoisotopic (exact) mass is 228 g/mol. The minimum absolute atomic E-state index is 0. The van der Waals surface area contributed by atoms with Crippen LogP contribution in [0, 0.1) is 0 Å². The van der Waals surface area contributed by atoms with Crippen LogP contribution in [0.4, 0.5) is 0 Å². The van der Waals surface area contributed by atoms with Gasteiger partial charge in [0.1, 0.15) is 6.54 Å². The SMILES string of the molecule is CC(=O)N[N+](C)(C)Cc1ccccc1.[Cl-]. The fraction of sp³-hybridized carbons (Fsp3) is 0.364. The molecule has 0 saturated carbocycles. The standard InChI is InChI=1S/C11H16N2O.ClH/c1-10(14)12-13(2,3)9-11-7-5-4-6-8-11;/h4-8H,9H2,1-3H3;1H.